The van der Waals surface area contributed by atoms with Crippen LogP contribution in [0.2, 0.25) is 0 Å². The van der Waals surface area contributed by atoms with Gasteiger partial charge in [0.1, 0.15) is 17.5 Å². The summed E-state index contributed by atoms with van der Waals surface area (Å²) in [6, 6.07) is 8.80. The summed E-state index contributed by atoms with van der Waals surface area (Å²) < 4.78 is 9.77. The van der Waals surface area contributed by atoms with E-state index in [0.29, 0.717) is 11.4 Å². The fourth-order valence-corrected chi connectivity index (χ4v) is 1.64. The molecule has 1 heterocycles. The van der Waals surface area contributed by atoms with Crippen LogP contribution in [0.3, 0.4) is 0 Å². The first-order valence-corrected chi connectivity index (χ1v) is 5.55. The minimum atomic E-state index is -0.787. The lowest BCUT2D eigenvalue weighted by Gasteiger charge is -2.19. The van der Waals surface area contributed by atoms with Gasteiger partial charge < -0.3 is 9.47 Å². The predicted molar refractivity (Wildman–Crippen MR) is 68.1 cm³/mol. The van der Waals surface area contributed by atoms with Crippen molar-refractivity contribution in [2.24, 2.45) is 10.3 Å². The normalized spacial score (nSPS) is 15.3. The minimum absolute atomic E-state index is 0.0452. The molecule has 0 bridgehead atoms. The Balaban J connectivity index is 2.51. The van der Waals surface area contributed by atoms with E-state index in [1.54, 1.807) is 30.3 Å². The lowest BCUT2D eigenvalue weighted by molar-refractivity contribution is -0.135. The van der Waals surface area contributed by atoms with Gasteiger partial charge in [-0.25, -0.2) is 9.80 Å². The molecule has 8 nitrogen and oxygen atoms in total. The summed E-state index contributed by atoms with van der Waals surface area (Å²) in [6.07, 6.45) is 0. The Morgan fingerprint density at radius 3 is 2.80 bits per heavy atom. The van der Waals surface area contributed by atoms with Crippen LogP contribution < -0.4 is 15.3 Å². The van der Waals surface area contributed by atoms with Crippen molar-refractivity contribution in [1.82, 2.24) is 5.53 Å². The molecule has 0 saturated carbocycles. The van der Waals surface area contributed by atoms with Gasteiger partial charge in [0.05, 0.1) is 14.2 Å². The van der Waals surface area contributed by atoms with Gasteiger partial charge in [0.25, 0.3) is 0 Å². The van der Waals surface area contributed by atoms with E-state index in [4.69, 9.17) is 10.00 Å². The van der Waals surface area contributed by atoms with Crippen molar-refractivity contribution in [2.45, 2.75) is 0 Å². The number of rotatable bonds is 3. The molecule has 0 atom stereocenters. The Kier molecular flexibility index (Phi) is 3.81. The van der Waals surface area contributed by atoms with Crippen molar-refractivity contribution in [3.63, 3.8) is 0 Å². The van der Waals surface area contributed by atoms with Crippen molar-refractivity contribution in [3.05, 3.63) is 35.7 Å². The second-order valence-electron chi connectivity index (χ2n) is 3.61. The smallest absolute Gasteiger partial charge is 0.352 e. The number of esters is 1. The number of carbonyl (C=O) groups excluding carboxylic acids is 1. The van der Waals surface area contributed by atoms with E-state index in [-0.39, 0.29) is 11.4 Å². The zero-order valence-electron chi connectivity index (χ0n) is 10.8. The van der Waals surface area contributed by atoms with Gasteiger partial charge in [0, 0.05) is 0 Å². The fourth-order valence-electron chi connectivity index (χ4n) is 1.64. The van der Waals surface area contributed by atoms with Crippen LogP contribution in [-0.2, 0) is 9.53 Å². The number of hydrazine groups is 1. The van der Waals surface area contributed by atoms with Gasteiger partial charge in [-0.15, -0.1) is 5.11 Å². The van der Waals surface area contributed by atoms with Crippen LogP contribution in [0.15, 0.2) is 46.0 Å². The van der Waals surface area contributed by atoms with Crippen molar-refractivity contribution in [3.8, 4) is 11.8 Å². The van der Waals surface area contributed by atoms with Gasteiger partial charge >= 0.3 is 5.97 Å². The number of methoxy groups -OCH3 is 2. The van der Waals surface area contributed by atoms with E-state index >= 15 is 0 Å². The highest BCUT2D eigenvalue weighted by Crippen LogP contribution is 2.32. The quantitative estimate of drug-likeness (QED) is 0.506. The predicted octanol–water partition coefficient (Wildman–Crippen LogP) is 1.30. The molecule has 0 spiro atoms. The SMILES string of the molecule is COC(=O)/C(C#N)=C1\N=NNN1c1ccccc1OC. The molecule has 0 amide bonds. The summed E-state index contributed by atoms with van der Waals surface area (Å²) in [6.45, 7) is 0. The van der Waals surface area contributed by atoms with E-state index in [0.717, 1.165) is 0 Å². The molecule has 0 radical (unpaired) electrons. The molecular weight excluding hydrogens is 262 g/mol. The van der Waals surface area contributed by atoms with E-state index in [1.807, 2.05) is 0 Å². The molecule has 1 aromatic carbocycles. The number of nitrogens with one attached hydrogen (secondary N) is 1. The fraction of sp³-hybridized carbons (Fsp3) is 0.167. The molecule has 20 heavy (non-hydrogen) atoms. The molecule has 102 valence electrons. The summed E-state index contributed by atoms with van der Waals surface area (Å²) in [7, 11) is 2.70. The number of carbonyl (C=O) groups is 1. The molecule has 1 aliphatic rings. The van der Waals surface area contributed by atoms with Crippen LogP contribution >= 0.6 is 0 Å². The number of anilines is 1. The monoisotopic (exact) mass is 273 g/mol. The molecule has 1 aromatic rings. The Morgan fingerprint density at radius 2 is 2.15 bits per heavy atom. The van der Waals surface area contributed by atoms with Gasteiger partial charge in [-0.05, 0) is 12.1 Å². The summed E-state index contributed by atoms with van der Waals surface area (Å²) in [5.74, 6) is -0.208. The standard InChI is InChI=1S/C12H11N5O3/c1-19-10-6-4-3-5-9(10)17-11(14-15-16-17)8(7-13)12(18)20-2/h3-6H,1-2H3,(H,14,16)/b11-8+. The molecule has 8 heteroatoms. The first-order valence-electron chi connectivity index (χ1n) is 5.55. The zero-order valence-corrected chi connectivity index (χ0v) is 10.8. The van der Waals surface area contributed by atoms with Gasteiger partial charge in [-0.1, -0.05) is 17.4 Å². The highest BCUT2D eigenvalue weighted by Gasteiger charge is 2.27. The van der Waals surface area contributed by atoms with Gasteiger partial charge in [-0.3, -0.25) is 0 Å². The number of hydrogen-bond acceptors (Lipinski definition) is 8. The van der Waals surface area contributed by atoms with Crippen LogP contribution in [0.1, 0.15) is 0 Å². The van der Waals surface area contributed by atoms with Crippen LogP contribution in [0.4, 0.5) is 5.69 Å². The maximum atomic E-state index is 11.6. The van der Waals surface area contributed by atoms with Gasteiger partial charge in [0.2, 0.25) is 5.82 Å². The number of nitrogens with zero attached hydrogens (tertiary/aromatic N) is 4. The summed E-state index contributed by atoms with van der Waals surface area (Å²) in [5, 5.41) is 17.8. The molecule has 0 unspecified atom stereocenters. The van der Waals surface area contributed by atoms with E-state index in [2.05, 4.69) is 20.6 Å². The first-order chi connectivity index (χ1) is 9.72. The van der Waals surface area contributed by atoms with Crippen LogP contribution in [0, 0.1) is 11.3 Å². The number of para-hydroxylation sites is 2. The molecule has 0 saturated heterocycles. The lowest BCUT2D eigenvalue weighted by atomic mass is 10.2. The average molecular weight is 273 g/mol. The topological polar surface area (TPSA) is 99.3 Å². The Hall–Kier alpha value is -3.08. The number of nitriles is 1. The second kappa shape index (κ2) is 5.71. The Bertz CT molecular complexity index is 632. The third-order valence-corrected chi connectivity index (χ3v) is 2.55. The van der Waals surface area contributed by atoms with Gasteiger partial charge in [-0.2, -0.15) is 10.8 Å². The zero-order chi connectivity index (χ0) is 14.5. The second-order valence-corrected chi connectivity index (χ2v) is 3.61. The number of benzene rings is 1. The maximum Gasteiger partial charge on any atom is 0.352 e. The van der Waals surface area contributed by atoms with Crippen molar-refractivity contribution in [2.75, 3.05) is 19.2 Å². The highest BCUT2D eigenvalue weighted by atomic mass is 16.5. The Labute approximate surface area is 114 Å². The summed E-state index contributed by atoms with van der Waals surface area (Å²) in [4.78, 5) is 11.6. The van der Waals surface area contributed by atoms with E-state index in [9.17, 15) is 4.79 Å². The number of hydrogen-bond donors (Lipinski definition) is 1. The Morgan fingerprint density at radius 1 is 1.40 bits per heavy atom. The lowest BCUT2D eigenvalue weighted by Crippen LogP contribution is -2.30. The van der Waals surface area contributed by atoms with Crippen molar-refractivity contribution < 1.29 is 14.3 Å². The molecule has 1 N–H and O–H groups in total. The summed E-state index contributed by atoms with van der Waals surface area (Å²) >= 11 is 0. The molecule has 1 aliphatic heterocycles. The van der Waals surface area contributed by atoms with Crippen LogP contribution in [0.25, 0.3) is 0 Å². The molecule has 0 aromatic heterocycles. The third-order valence-electron chi connectivity index (χ3n) is 2.55. The van der Waals surface area contributed by atoms with Crippen molar-refractivity contribution in [1.29, 1.82) is 5.26 Å². The third kappa shape index (κ3) is 2.24. The molecule has 2 rings (SSSR count). The molecule has 0 aliphatic carbocycles. The van der Waals surface area contributed by atoms with Gasteiger partial charge in [0.15, 0.2) is 5.57 Å². The maximum absolute atomic E-state index is 11.6. The minimum Gasteiger partial charge on any atom is -0.494 e. The van der Waals surface area contributed by atoms with Crippen LogP contribution in [0.5, 0.6) is 5.75 Å². The average Bonchev–Trinajstić information content (AvgIpc) is 2.96. The summed E-state index contributed by atoms with van der Waals surface area (Å²) in [5.41, 5.74) is 2.89. The molecular formula is C12H11N5O3. The van der Waals surface area contributed by atoms with E-state index < -0.39 is 5.97 Å². The largest absolute Gasteiger partial charge is 0.494 e. The first kappa shape index (κ1) is 13.4. The molecule has 0 fully saturated rings. The van der Waals surface area contributed by atoms with Crippen molar-refractivity contribution >= 4 is 11.7 Å². The van der Waals surface area contributed by atoms with E-state index in [1.165, 1.54) is 19.2 Å². The number of ether oxygens (including phenoxy) is 2. The van der Waals surface area contributed by atoms with Crippen LogP contribution in [-0.4, -0.2) is 20.2 Å². The highest BCUT2D eigenvalue weighted by molar-refractivity contribution is 5.94.